The molecule has 0 aliphatic rings. The van der Waals surface area contributed by atoms with Gasteiger partial charge in [0.1, 0.15) is 0 Å². The van der Waals surface area contributed by atoms with Gasteiger partial charge in [0.05, 0.1) is 4.90 Å². The van der Waals surface area contributed by atoms with Crippen LogP contribution in [0.15, 0.2) is 59.5 Å². The SMILES string of the molecule is CCc1ccc(/C=C/C(=O)Nc2ccc(S(=O)(=O)NC)cc2)cc1. The molecular weight excluding hydrogens is 324 g/mol. The summed E-state index contributed by atoms with van der Waals surface area (Å²) in [6.45, 7) is 2.09. The second-order valence-corrected chi connectivity index (χ2v) is 7.04. The van der Waals surface area contributed by atoms with Gasteiger partial charge in [0.25, 0.3) is 0 Å². The molecule has 0 aromatic heterocycles. The van der Waals surface area contributed by atoms with Gasteiger partial charge >= 0.3 is 0 Å². The molecule has 0 heterocycles. The molecule has 0 saturated heterocycles. The van der Waals surface area contributed by atoms with E-state index < -0.39 is 10.0 Å². The van der Waals surface area contributed by atoms with Crippen LogP contribution in [0.5, 0.6) is 0 Å². The normalized spacial score (nSPS) is 11.6. The minimum atomic E-state index is -3.47. The van der Waals surface area contributed by atoms with Gasteiger partial charge in [-0.15, -0.1) is 0 Å². The highest BCUT2D eigenvalue weighted by Gasteiger charge is 2.10. The van der Waals surface area contributed by atoms with Crippen LogP contribution in [0.1, 0.15) is 18.1 Å². The van der Waals surface area contributed by atoms with Gasteiger partial charge in [-0.1, -0.05) is 31.2 Å². The van der Waals surface area contributed by atoms with E-state index in [4.69, 9.17) is 0 Å². The summed E-state index contributed by atoms with van der Waals surface area (Å²) >= 11 is 0. The number of amides is 1. The number of rotatable bonds is 6. The van der Waals surface area contributed by atoms with Gasteiger partial charge in [-0.05, 0) is 54.9 Å². The quantitative estimate of drug-likeness (QED) is 0.791. The minimum Gasteiger partial charge on any atom is -0.323 e. The summed E-state index contributed by atoms with van der Waals surface area (Å²) in [6.07, 6.45) is 4.15. The minimum absolute atomic E-state index is 0.148. The molecule has 5 nitrogen and oxygen atoms in total. The number of carbonyl (C=O) groups is 1. The first-order chi connectivity index (χ1) is 11.4. The summed E-state index contributed by atoms with van der Waals surface area (Å²) < 4.78 is 25.5. The predicted octanol–water partition coefficient (Wildman–Crippen LogP) is 2.81. The first-order valence-corrected chi connectivity index (χ1v) is 9.04. The van der Waals surface area contributed by atoms with Crippen molar-refractivity contribution in [3.05, 3.63) is 65.7 Å². The number of nitrogens with one attached hydrogen (secondary N) is 2. The lowest BCUT2D eigenvalue weighted by Crippen LogP contribution is -2.18. The van der Waals surface area contributed by atoms with Gasteiger partial charge in [-0.3, -0.25) is 4.79 Å². The fraction of sp³-hybridized carbons (Fsp3) is 0.167. The fourth-order valence-corrected chi connectivity index (χ4v) is 2.79. The molecule has 0 bridgehead atoms. The molecule has 0 radical (unpaired) electrons. The Morgan fingerprint density at radius 2 is 1.67 bits per heavy atom. The molecule has 0 saturated carbocycles. The maximum atomic E-state index is 11.9. The van der Waals surface area contributed by atoms with Crippen LogP contribution >= 0.6 is 0 Å². The van der Waals surface area contributed by atoms with Crippen molar-refractivity contribution in [1.82, 2.24) is 4.72 Å². The molecule has 0 fully saturated rings. The van der Waals surface area contributed by atoms with Gasteiger partial charge < -0.3 is 5.32 Å². The van der Waals surface area contributed by atoms with Crippen LogP contribution < -0.4 is 10.0 Å². The highest BCUT2D eigenvalue weighted by Crippen LogP contribution is 2.14. The molecule has 0 spiro atoms. The Morgan fingerprint density at radius 3 is 2.21 bits per heavy atom. The first kappa shape index (κ1) is 17.9. The molecule has 2 N–H and O–H groups in total. The zero-order valence-corrected chi connectivity index (χ0v) is 14.4. The third kappa shape index (κ3) is 4.78. The summed E-state index contributed by atoms with van der Waals surface area (Å²) in [6, 6.07) is 13.9. The van der Waals surface area contributed by atoms with Crippen LogP contribution in [0.2, 0.25) is 0 Å². The summed E-state index contributed by atoms with van der Waals surface area (Å²) in [5.74, 6) is -0.279. The Hall–Kier alpha value is -2.44. The van der Waals surface area contributed by atoms with Crippen molar-refractivity contribution in [2.75, 3.05) is 12.4 Å². The van der Waals surface area contributed by atoms with Crippen molar-refractivity contribution >= 4 is 27.7 Å². The number of hydrogen-bond donors (Lipinski definition) is 2. The van der Waals surface area contributed by atoms with Crippen molar-refractivity contribution in [2.24, 2.45) is 0 Å². The second-order valence-electron chi connectivity index (χ2n) is 5.15. The van der Waals surface area contributed by atoms with Crippen LogP contribution in [0, 0.1) is 0 Å². The topological polar surface area (TPSA) is 75.3 Å². The molecule has 2 aromatic carbocycles. The van der Waals surface area contributed by atoms with E-state index in [-0.39, 0.29) is 10.8 Å². The lowest BCUT2D eigenvalue weighted by molar-refractivity contribution is -0.111. The highest BCUT2D eigenvalue weighted by molar-refractivity contribution is 7.89. The molecule has 2 rings (SSSR count). The van der Waals surface area contributed by atoms with E-state index in [0.717, 1.165) is 12.0 Å². The Balaban J connectivity index is 2.00. The number of hydrogen-bond acceptors (Lipinski definition) is 3. The van der Waals surface area contributed by atoms with Gasteiger partial charge in [0, 0.05) is 11.8 Å². The van der Waals surface area contributed by atoms with E-state index >= 15 is 0 Å². The average molecular weight is 344 g/mol. The Bertz CT molecular complexity index is 824. The van der Waals surface area contributed by atoms with Crippen molar-refractivity contribution in [3.63, 3.8) is 0 Å². The van der Waals surface area contributed by atoms with Crippen molar-refractivity contribution < 1.29 is 13.2 Å². The maximum Gasteiger partial charge on any atom is 0.248 e. The van der Waals surface area contributed by atoms with Crippen molar-refractivity contribution in [3.8, 4) is 0 Å². The number of carbonyl (C=O) groups excluding carboxylic acids is 1. The van der Waals surface area contributed by atoms with Gasteiger partial charge in [-0.2, -0.15) is 0 Å². The van der Waals surface area contributed by atoms with Gasteiger partial charge in [0.15, 0.2) is 0 Å². The molecular formula is C18H20N2O3S. The van der Waals surface area contributed by atoms with Crippen molar-refractivity contribution in [2.45, 2.75) is 18.2 Å². The van der Waals surface area contributed by atoms with Crippen LogP contribution in [-0.2, 0) is 21.2 Å². The lowest BCUT2D eigenvalue weighted by atomic mass is 10.1. The largest absolute Gasteiger partial charge is 0.323 e. The van der Waals surface area contributed by atoms with E-state index in [9.17, 15) is 13.2 Å². The van der Waals surface area contributed by atoms with E-state index in [0.29, 0.717) is 5.69 Å². The first-order valence-electron chi connectivity index (χ1n) is 7.56. The van der Waals surface area contributed by atoms with E-state index in [2.05, 4.69) is 17.0 Å². The standard InChI is InChI=1S/C18H20N2O3S/c1-3-14-4-6-15(7-5-14)8-13-18(21)20-16-9-11-17(12-10-16)24(22,23)19-2/h4-13,19H,3H2,1-2H3,(H,20,21)/b13-8+. The number of sulfonamides is 1. The number of benzene rings is 2. The summed E-state index contributed by atoms with van der Waals surface area (Å²) in [7, 11) is -2.12. The van der Waals surface area contributed by atoms with Crippen LogP contribution in [0.3, 0.4) is 0 Å². The molecule has 0 unspecified atom stereocenters. The van der Waals surface area contributed by atoms with E-state index in [1.165, 1.54) is 30.8 Å². The molecule has 6 heteroatoms. The van der Waals surface area contributed by atoms with Gasteiger partial charge in [-0.25, -0.2) is 13.1 Å². The number of aryl methyl sites for hydroxylation is 1. The molecule has 0 atom stereocenters. The molecule has 126 valence electrons. The monoisotopic (exact) mass is 344 g/mol. The summed E-state index contributed by atoms with van der Waals surface area (Å²) in [4.78, 5) is 12.1. The molecule has 0 aliphatic carbocycles. The fourth-order valence-electron chi connectivity index (χ4n) is 2.06. The Morgan fingerprint density at radius 1 is 1.04 bits per heavy atom. The molecule has 1 amide bonds. The summed E-state index contributed by atoms with van der Waals surface area (Å²) in [5.41, 5.74) is 2.71. The average Bonchev–Trinajstić information content (AvgIpc) is 2.61. The summed E-state index contributed by atoms with van der Waals surface area (Å²) in [5, 5.41) is 2.69. The Labute approximate surface area is 142 Å². The second kappa shape index (κ2) is 7.90. The molecule has 0 aliphatic heterocycles. The zero-order valence-electron chi connectivity index (χ0n) is 13.6. The smallest absolute Gasteiger partial charge is 0.248 e. The van der Waals surface area contributed by atoms with Crippen molar-refractivity contribution in [1.29, 1.82) is 0 Å². The van der Waals surface area contributed by atoms with E-state index in [1.54, 1.807) is 18.2 Å². The van der Waals surface area contributed by atoms with Crippen LogP contribution in [-0.4, -0.2) is 21.4 Å². The molecule has 2 aromatic rings. The molecule has 24 heavy (non-hydrogen) atoms. The van der Waals surface area contributed by atoms with Crippen LogP contribution in [0.4, 0.5) is 5.69 Å². The maximum absolute atomic E-state index is 11.9. The third-order valence-electron chi connectivity index (χ3n) is 3.52. The third-order valence-corrected chi connectivity index (χ3v) is 4.95. The van der Waals surface area contributed by atoms with E-state index in [1.807, 2.05) is 24.3 Å². The van der Waals surface area contributed by atoms with Crippen LogP contribution in [0.25, 0.3) is 6.08 Å². The zero-order chi connectivity index (χ0) is 17.6. The lowest BCUT2D eigenvalue weighted by Gasteiger charge is -2.05. The highest BCUT2D eigenvalue weighted by atomic mass is 32.2. The predicted molar refractivity (Wildman–Crippen MR) is 96.2 cm³/mol. The number of anilines is 1. The van der Waals surface area contributed by atoms with Gasteiger partial charge in [0.2, 0.25) is 15.9 Å². The Kier molecular flexibility index (Phi) is 5.89.